The Kier molecular flexibility index (Phi) is 5.60. The number of benzene rings is 2. The first kappa shape index (κ1) is 22.6. The van der Waals surface area contributed by atoms with Crippen molar-refractivity contribution in [2.75, 3.05) is 33.3 Å². The number of nitriles is 1. The van der Waals surface area contributed by atoms with E-state index in [0.29, 0.717) is 23.3 Å². The summed E-state index contributed by atoms with van der Waals surface area (Å²) < 4.78 is 5.40. The van der Waals surface area contributed by atoms with Crippen molar-refractivity contribution in [3.05, 3.63) is 65.2 Å². The van der Waals surface area contributed by atoms with Gasteiger partial charge in [0, 0.05) is 32.7 Å². The van der Waals surface area contributed by atoms with Crippen LogP contribution in [-0.4, -0.2) is 49.0 Å². The lowest BCUT2D eigenvalue weighted by molar-refractivity contribution is -0.162. The van der Waals surface area contributed by atoms with E-state index in [9.17, 15) is 4.79 Å². The first-order chi connectivity index (χ1) is 17.0. The van der Waals surface area contributed by atoms with Gasteiger partial charge in [-0.05, 0) is 91.2 Å². The monoisotopic (exact) mass is 469 g/mol. The van der Waals surface area contributed by atoms with E-state index < -0.39 is 0 Å². The Bertz CT molecular complexity index is 1110. The van der Waals surface area contributed by atoms with E-state index in [-0.39, 0.29) is 10.8 Å². The zero-order chi connectivity index (χ0) is 24.0. The number of ether oxygens (including phenoxy) is 1. The van der Waals surface area contributed by atoms with Gasteiger partial charge >= 0.3 is 0 Å². The summed E-state index contributed by atoms with van der Waals surface area (Å²) in [6.45, 7) is 4.35. The predicted octanol–water partition coefficient (Wildman–Crippen LogP) is 4.75. The lowest BCUT2D eigenvalue weighted by Crippen LogP contribution is -2.61. The molecule has 4 saturated carbocycles. The summed E-state index contributed by atoms with van der Waals surface area (Å²) in [4.78, 5) is 18.7. The van der Waals surface area contributed by atoms with Crippen molar-refractivity contribution in [3.8, 4) is 11.8 Å². The summed E-state index contributed by atoms with van der Waals surface area (Å²) in [6, 6.07) is 18.8. The second kappa shape index (κ2) is 8.68. The predicted molar refractivity (Wildman–Crippen MR) is 135 cm³/mol. The van der Waals surface area contributed by atoms with E-state index in [2.05, 4.69) is 40.1 Å². The van der Waals surface area contributed by atoms with Gasteiger partial charge in [-0.2, -0.15) is 5.26 Å². The van der Waals surface area contributed by atoms with E-state index in [4.69, 9.17) is 10.00 Å². The lowest BCUT2D eigenvalue weighted by atomic mass is 9.42. The van der Waals surface area contributed by atoms with Crippen LogP contribution >= 0.6 is 0 Å². The molecule has 2 aromatic carbocycles. The number of amides is 1. The van der Waals surface area contributed by atoms with Gasteiger partial charge in [-0.25, -0.2) is 0 Å². The minimum Gasteiger partial charge on any atom is -0.497 e. The van der Waals surface area contributed by atoms with Crippen LogP contribution in [0.1, 0.15) is 55.2 Å². The average molecular weight is 470 g/mol. The highest BCUT2D eigenvalue weighted by Gasteiger charge is 2.61. The molecule has 0 aromatic heterocycles. The van der Waals surface area contributed by atoms with Crippen molar-refractivity contribution in [1.29, 1.82) is 5.26 Å². The number of carbonyl (C=O) groups excluding carboxylic acids is 1. The highest BCUT2D eigenvalue weighted by molar-refractivity contribution is 5.84. The minimum absolute atomic E-state index is 0.156. The third-order valence-corrected chi connectivity index (χ3v) is 9.37. The maximum atomic E-state index is 14.1. The molecule has 4 aliphatic carbocycles. The smallest absolute Gasteiger partial charge is 0.228 e. The van der Waals surface area contributed by atoms with Gasteiger partial charge in [-0.15, -0.1) is 0 Å². The molecule has 7 rings (SSSR count). The Morgan fingerprint density at radius 1 is 0.971 bits per heavy atom. The molecule has 0 N–H and O–H groups in total. The van der Waals surface area contributed by atoms with Gasteiger partial charge in [-0.3, -0.25) is 9.69 Å². The molecule has 35 heavy (non-hydrogen) atoms. The van der Waals surface area contributed by atoms with E-state index in [1.54, 1.807) is 7.11 Å². The molecule has 1 heterocycles. The van der Waals surface area contributed by atoms with Crippen LogP contribution in [0.4, 0.5) is 0 Å². The fourth-order valence-electron chi connectivity index (χ4n) is 8.18. The average Bonchev–Trinajstić information content (AvgIpc) is 2.88. The quantitative estimate of drug-likeness (QED) is 0.634. The van der Waals surface area contributed by atoms with Crippen LogP contribution in [0, 0.1) is 28.6 Å². The van der Waals surface area contributed by atoms with Crippen LogP contribution in [0.15, 0.2) is 48.5 Å². The topological polar surface area (TPSA) is 56.6 Å². The lowest BCUT2D eigenvalue weighted by Gasteiger charge is -2.62. The Morgan fingerprint density at radius 2 is 1.63 bits per heavy atom. The van der Waals surface area contributed by atoms with Gasteiger partial charge in [0.15, 0.2) is 0 Å². The molecule has 1 amide bonds. The summed E-state index contributed by atoms with van der Waals surface area (Å²) in [6.07, 6.45) is 6.98. The molecule has 0 radical (unpaired) electrons. The first-order valence-electron chi connectivity index (χ1n) is 13.2. The number of rotatable bonds is 5. The highest BCUT2D eigenvalue weighted by atomic mass is 16.5. The molecular weight excluding hydrogens is 434 g/mol. The Labute approximate surface area is 208 Å². The van der Waals surface area contributed by atoms with Crippen molar-refractivity contribution >= 4 is 5.91 Å². The second-order valence-electron chi connectivity index (χ2n) is 11.6. The van der Waals surface area contributed by atoms with Crippen LogP contribution in [0.25, 0.3) is 0 Å². The minimum atomic E-state index is -0.167. The first-order valence-corrected chi connectivity index (χ1v) is 13.2. The molecule has 2 unspecified atom stereocenters. The molecule has 2 aromatic rings. The van der Waals surface area contributed by atoms with Gasteiger partial charge in [-0.1, -0.05) is 24.3 Å². The SMILES string of the molecule is COc1ccc(C23CC4CC(CC(C(=O)N5CCN(Cc6ccc(C#N)cc6)CC5)(C4)C2)C3)cc1. The normalized spacial score (nSPS) is 31.8. The molecule has 5 nitrogen and oxygen atoms in total. The van der Waals surface area contributed by atoms with Crippen molar-refractivity contribution in [2.45, 2.75) is 50.5 Å². The molecule has 182 valence electrons. The second-order valence-corrected chi connectivity index (χ2v) is 11.6. The van der Waals surface area contributed by atoms with Crippen LogP contribution in [0.5, 0.6) is 5.75 Å². The number of methoxy groups -OCH3 is 1. The maximum Gasteiger partial charge on any atom is 0.228 e. The summed E-state index contributed by atoms with van der Waals surface area (Å²) in [5.41, 5.74) is 3.33. The van der Waals surface area contributed by atoms with Crippen molar-refractivity contribution in [3.63, 3.8) is 0 Å². The van der Waals surface area contributed by atoms with Crippen molar-refractivity contribution in [1.82, 2.24) is 9.80 Å². The fourth-order valence-corrected chi connectivity index (χ4v) is 8.18. The molecule has 5 fully saturated rings. The van der Waals surface area contributed by atoms with Crippen LogP contribution in [0.3, 0.4) is 0 Å². The highest BCUT2D eigenvalue weighted by Crippen LogP contribution is 2.66. The summed E-state index contributed by atoms with van der Waals surface area (Å²) in [5.74, 6) is 2.70. The molecule has 5 heteroatoms. The van der Waals surface area contributed by atoms with E-state index in [1.807, 2.05) is 24.3 Å². The summed E-state index contributed by atoms with van der Waals surface area (Å²) in [5, 5.41) is 9.02. The van der Waals surface area contributed by atoms with E-state index >= 15 is 0 Å². The van der Waals surface area contributed by atoms with Crippen LogP contribution < -0.4 is 4.74 Å². The van der Waals surface area contributed by atoms with Gasteiger partial charge < -0.3 is 9.64 Å². The number of nitrogens with zero attached hydrogens (tertiary/aromatic N) is 3. The Morgan fingerprint density at radius 3 is 2.23 bits per heavy atom. The number of hydrogen-bond acceptors (Lipinski definition) is 4. The van der Waals surface area contributed by atoms with Crippen molar-refractivity contribution < 1.29 is 9.53 Å². The summed E-state index contributed by atoms with van der Waals surface area (Å²) in [7, 11) is 1.72. The third kappa shape index (κ3) is 4.02. The molecule has 2 atom stereocenters. The Hall–Kier alpha value is -2.84. The standard InChI is InChI=1S/C30H35N3O2/c1-35-27-8-6-26(7-9-27)29-15-24-14-25(16-29)18-30(17-24,21-29)28(34)33-12-10-32(11-13-33)20-23-4-2-22(19-31)3-5-23/h2-9,24-25H,10-18,20-21H2,1H3. The molecule has 4 bridgehead atoms. The zero-order valence-corrected chi connectivity index (χ0v) is 20.7. The van der Waals surface area contributed by atoms with Crippen molar-refractivity contribution in [2.24, 2.45) is 17.3 Å². The van der Waals surface area contributed by atoms with Gasteiger partial charge in [0.25, 0.3) is 0 Å². The van der Waals surface area contributed by atoms with Gasteiger partial charge in [0.1, 0.15) is 5.75 Å². The molecular formula is C30H35N3O2. The van der Waals surface area contributed by atoms with Gasteiger partial charge in [0.05, 0.1) is 24.2 Å². The largest absolute Gasteiger partial charge is 0.497 e. The van der Waals surface area contributed by atoms with Gasteiger partial charge in [0.2, 0.25) is 5.91 Å². The molecule has 1 saturated heterocycles. The molecule has 1 aliphatic heterocycles. The van der Waals surface area contributed by atoms with Crippen LogP contribution in [0.2, 0.25) is 0 Å². The van der Waals surface area contributed by atoms with Crippen LogP contribution in [-0.2, 0) is 16.8 Å². The molecule has 0 spiro atoms. The zero-order valence-electron chi connectivity index (χ0n) is 20.7. The van der Waals surface area contributed by atoms with E-state index in [1.165, 1.54) is 30.4 Å². The number of piperazine rings is 1. The summed E-state index contributed by atoms with van der Waals surface area (Å²) >= 11 is 0. The number of hydrogen-bond donors (Lipinski definition) is 0. The maximum absolute atomic E-state index is 14.1. The Balaban J connectivity index is 1.15. The fraction of sp³-hybridized carbons (Fsp3) is 0.533. The number of carbonyl (C=O) groups is 1. The van der Waals surface area contributed by atoms with E-state index in [0.717, 1.165) is 57.7 Å². The third-order valence-electron chi connectivity index (χ3n) is 9.37. The molecule has 5 aliphatic rings.